The predicted molar refractivity (Wildman–Crippen MR) is 57.1 cm³/mol. The van der Waals surface area contributed by atoms with E-state index >= 15 is 0 Å². The third kappa shape index (κ3) is 4.02. The smallest absolute Gasteiger partial charge is 0.296 e. The zero-order valence-electron chi connectivity index (χ0n) is 10.4. The van der Waals surface area contributed by atoms with Gasteiger partial charge in [-0.05, 0) is 19.3 Å². The van der Waals surface area contributed by atoms with Crippen LogP contribution in [0.5, 0.6) is 0 Å². The van der Waals surface area contributed by atoms with Crippen molar-refractivity contribution >= 4 is 11.8 Å². The summed E-state index contributed by atoms with van der Waals surface area (Å²) in [5.74, 6) is -1.96. The second-order valence-electron chi connectivity index (χ2n) is 4.66. The molecule has 100 valence electrons. The summed E-state index contributed by atoms with van der Waals surface area (Å²) in [5.41, 5.74) is -2.51. The molecule has 17 heavy (non-hydrogen) atoms. The monoisotopic (exact) mass is 253 g/mol. The van der Waals surface area contributed by atoms with Crippen LogP contribution in [0.15, 0.2) is 0 Å². The molecule has 0 rings (SSSR count). The van der Waals surface area contributed by atoms with Crippen LogP contribution in [0.3, 0.4) is 0 Å². The van der Waals surface area contributed by atoms with Crippen molar-refractivity contribution in [2.24, 2.45) is 11.3 Å². The number of nitrogens with one attached hydrogen (secondary N) is 1. The molecule has 0 radical (unpaired) electrons. The number of carbonyl (C=O) groups excluding carboxylic acids is 2. The second kappa shape index (κ2) is 5.51. The number of amides is 2. The molecule has 0 aromatic rings. The number of hydrogen-bond donors (Lipinski definition) is 1. The first-order valence-electron chi connectivity index (χ1n) is 5.45. The molecule has 1 N–H and O–H groups in total. The van der Waals surface area contributed by atoms with Crippen LogP contribution in [-0.4, -0.2) is 18.0 Å². The molecule has 0 aliphatic heterocycles. The Kier molecular flexibility index (Phi) is 5.16. The molecule has 0 saturated heterocycles. The van der Waals surface area contributed by atoms with Gasteiger partial charge in [-0.1, -0.05) is 20.8 Å². The van der Waals surface area contributed by atoms with E-state index in [1.807, 2.05) is 5.32 Å². The zero-order chi connectivity index (χ0) is 13.9. The average molecular weight is 253 g/mol. The van der Waals surface area contributed by atoms with Crippen LogP contribution >= 0.6 is 0 Å². The van der Waals surface area contributed by atoms with Gasteiger partial charge in [-0.15, -0.1) is 0 Å². The zero-order valence-corrected chi connectivity index (χ0v) is 10.4. The fourth-order valence-electron chi connectivity index (χ4n) is 1.18. The van der Waals surface area contributed by atoms with E-state index in [-0.39, 0.29) is 12.3 Å². The van der Waals surface area contributed by atoms with Crippen molar-refractivity contribution in [1.82, 2.24) is 5.32 Å². The number of halogens is 3. The van der Waals surface area contributed by atoms with E-state index in [9.17, 15) is 22.8 Å². The minimum atomic E-state index is -4.66. The Morgan fingerprint density at radius 1 is 1.24 bits per heavy atom. The third-order valence-corrected chi connectivity index (χ3v) is 2.68. The number of alkyl halides is 3. The van der Waals surface area contributed by atoms with E-state index in [4.69, 9.17) is 0 Å². The maximum atomic E-state index is 12.7. The van der Waals surface area contributed by atoms with Gasteiger partial charge in [-0.25, -0.2) is 0 Å². The van der Waals surface area contributed by atoms with Crippen molar-refractivity contribution in [3.8, 4) is 0 Å². The normalized spacial score (nSPS) is 15.5. The Labute approximate surface area is 98.8 Å². The average Bonchev–Trinajstić information content (AvgIpc) is 2.12. The van der Waals surface area contributed by atoms with Gasteiger partial charge in [0.2, 0.25) is 11.8 Å². The SMILES string of the molecule is CCC(C)(C(=O)NC(=O)CC(C)C)C(F)(F)F. The van der Waals surface area contributed by atoms with E-state index in [0.717, 1.165) is 6.92 Å². The van der Waals surface area contributed by atoms with E-state index in [2.05, 4.69) is 0 Å². The molecule has 0 aromatic heterocycles. The molecule has 0 saturated carbocycles. The van der Waals surface area contributed by atoms with Gasteiger partial charge in [0.15, 0.2) is 0 Å². The maximum Gasteiger partial charge on any atom is 0.402 e. The molecule has 1 unspecified atom stereocenters. The van der Waals surface area contributed by atoms with Gasteiger partial charge in [0.1, 0.15) is 5.41 Å². The number of rotatable bonds is 4. The topological polar surface area (TPSA) is 46.2 Å². The fraction of sp³-hybridized carbons (Fsp3) is 0.818. The maximum absolute atomic E-state index is 12.7. The summed E-state index contributed by atoms with van der Waals surface area (Å²) >= 11 is 0. The van der Waals surface area contributed by atoms with Gasteiger partial charge < -0.3 is 0 Å². The molecule has 0 heterocycles. The summed E-state index contributed by atoms with van der Waals surface area (Å²) < 4.78 is 38.1. The summed E-state index contributed by atoms with van der Waals surface area (Å²) in [6, 6.07) is 0. The minimum Gasteiger partial charge on any atom is -0.296 e. The molecule has 2 amide bonds. The highest BCUT2D eigenvalue weighted by Crippen LogP contribution is 2.40. The van der Waals surface area contributed by atoms with Crippen LogP contribution in [0, 0.1) is 11.3 Å². The highest BCUT2D eigenvalue weighted by Gasteiger charge is 2.55. The summed E-state index contributed by atoms with van der Waals surface area (Å²) in [5, 5.41) is 1.81. The van der Waals surface area contributed by atoms with E-state index in [1.54, 1.807) is 13.8 Å². The molecule has 0 fully saturated rings. The van der Waals surface area contributed by atoms with Crippen LogP contribution in [0.25, 0.3) is 0 Å². The number of carbonyl (C=O) groups is 2. The molecular weight excluding hydrogens is 235 g/mol. The summed E-state index contributed by atoms with van der Waals surface area (Å²) in [6.07, 6.45) is -5.04. The fourth-order valence-corrected chi connectivity index (χ4v) is 1.18. The quantitative estimate of drug-likeness (QED) is 0.837. The van der Waals surface area contributed by atoms with Crippen molar-refractivity contribution < 1.29 is 22.8 Å². The standard InChI is InChI=1S/C11H18F3NO2/c1-5-10(4,11(12,13)14)9(17)15-8(16)6-7(2)3/h7H,5-6H2,1-4H3,(H,15,16,17). The van der Waals surface area contributed by atoms with Crippen molar-refractivity contribution in [2.75, 3.05) is 0 Å². The molecule has 0 aliphatic carbocycles. The highest BCUT2D eigenvalue weighted by molar-refractivity contribution is 5.98. The van der Waals surface area contributed by atoms with Crippen molar-refractivity contribution in [3.05, 3.63) is 0 Å². The molecule has 1 atom stereocenters. The lowest BCUT2D eigenvalue weighted by molar-refractivity contribution is -0.217. The summed E-state index contributed by atoms with van der Waals surface area (Å²) in [7, 11) is 0. The molecular formula is C11H18F3NO2. The number of hydrogen-bond acceptors (Lipinski definition) is 2. The van der Waals surface area contributed by atoms with Crippen LogP contribution in [0.4, 0.5) is 13.2 Å². The Hall–Kier alpha value is -1.07. The molecule has 6 heteroatoms. The lowest BCUT2D eigenvalue weighted by atomic mass is 9.85. The lowest BCUT2D eigenvalue weighted by Gasteiger charge is -2.29. The third-order valence-electron chi connectivity index (χ3n) is 2.68. The van der Waals surface area contributed by atoms with Crippen molar-refractivity contribution in [2.45, 2.75) is 46.7 Å². The first-order valence-corrected chi connectivity index (χ1v) is 5.45. The molecule has 3 nitrogen and oxygen atoms in total. The van der Waals surface area contributed by atoms with Gasteiger partial charge >= 0.3 is 6.18 Å². The van der Waals surface area contributed by atoms with Crippen LogP contribution in [0.1, 0.15) is 40.5 Å². The summed E-state index contributed by atoms with van der Waals surface area (Å²) in [6.45, 7) is 5.55. The molecule has 0 aliphatic rings. The van der Waals surface area contributed by atoms with Crippen molar-refractivity contribution in [1.29, 1.82) is 0 Å². The van der Waals surface area contributed by atoms with Gasteiger partial charge in [-0.3, -0.25) is 14.9 Å². The predicted octanol–water partition coefficient (Wildman–Crippen LogP) is 2.65. The van der Waals surface area contributed by atoms with Gasteiger partial charge in [0, 0.05) is 6.42 Å². The Bertz CT molecular complexity index is 300. The second-order valence-corrected chi connectivity index (χ2v) is 4.66. The van der Waals surface area contributed by atoms with Crippen molar-refractivity contribution in [3.63, 3.8) is 0 Å². The first-order chi connectivity index (χ1) is 7.54. The highest BCUT2D eigenvalue weighted by atomic mass is 19.4. The van der Waals surface area contributed by atoms with E-state index < -0.39 is 29.8 Å². The Morgan fingerprint density at radius 2 is 1.71 bits per heavy atom. The lowest BCUT2D eigenvalue weighted by Crippen LogP contribution is -2.50. The molecule has 0 spiro atoms. The summed E-state index contributed by atoms with van der Waals surface area (Å²) in [4.78, 5) is 22.7. The number of imide groups is 1. The first kappa shape index (κ1) is 15.9. The molecule has 0 bridgehead atoms. The van der Waals surface area contributed by atoms with E-state index in [1.165, 1.54) is 6.92 Å². The van der Waals surface area contributed by atoms with Gasteiger partial charge in [0.25, 0.3) is 0 Å². The van der Waals surface area contributed by atoms with Gasteiger partial charge in [0.05, 0.1) is 0 Å². The van der Waals surface area contributed by atoms with Crippen LogP contribution in [-0.2, 0) is 9.59 Å². The Balaban J connectivity index is 4.74. The van der Waals surface area contributed by atoms with Crippen LogP contribution < -0.4 is 5.32 Å². The minimum absolute atomic E-state index is 0.0124. The van der Waals surface area contributed by atoms with E-state index in [0.29, 0.717) is 0 Å². The van der Waals surface area contributed by atoms with Gasteiger partial charge in [-0.2, -0.15) is 13.2 Å². The van der Waals surface area contributed by atoms with Crippen LogP contribution in [0.2, 0.25) is 0 Å². The Morgan fingerprint density at radius 3 is 2.00 bits per heavy atom. The molecule has 0 aromatic carbocycles. The largest absolute Gasteiger partial charge is 0.402 e.